The fourth-order valence-corrected chi connectivity index (χ4v) is 3.97. The van der Waals surface area contributed by atoms with Crippen LogP contribution >= 0.6 is 0 Å². The summed E-state index contributed by atoms with van der Waals surface area (Å²) >= 11 is 0. The third kappa shape index (κ3) is 30.2. The fraction of sp³-hybridized carbons (Fsp3) is 0.164. The Morgan fingerprint density at radius 1 is 0.417 bits per heavy atom. The van der Waals surface area contributed by atoms with Crippen molar-refractivity contribution in [2.45, 2.75) is 62.3 Å². The van der Waals surface area contributed by atoms with E-state index in [-0.39, 0.29) is 36.0 Å². The summed E-state index contributed by atoms with van der Waals surface area (Å²) in [7, 11) is 0. The molecule has 308 valence electrons. The van der Waals surface area contributed by atoms with Crippen molar-refractivity contribution >= 4 is 0 Å². The van der Waals surface area contributed by atoms with Crippen molar-refractivity contribution in [1.82, 2.24) is 15.0 Å². The normalized spacial score (nSPS) is 9.98. The molecule has 3 heterocycles. The van der Waals surface area contributed by atoms with Gasteiger partial charge < -0.3 is 0 Å². The number of nitrogens with zero attached hydrogens (tertiary/aromatic N) is 4. The lowest BCUT2D eigenvalue weighted by Crippen LogP contribution is -1.72. The molecule has 0 N–H and O–H groups in total. The molecule has 4 nitrogen and oxygen atoms in total. The van der Waals surface area contributed by atoms with Crippen LogP contribution in [0.15, 0.2) is 207 Å². The summed E-state index contributed by atoms with van der Waals surface area (Å²) in [5.74, 6) is -0.171. The highest BCUT2D eigenvalue weighted by molar-refractivity contribution is 5.30. The van der Waals surface area contributed by atoms with Gasteiger partial charge in [-0.25, -0.2) is 4.39 Å². The van der Waals surface area contributed by atoms with Gasteiger partial charge in [0.25, 0.3) is 0 Å². The fourth-order valence-electron chi connectivity index (χ4n) is 3.97. The van der Waals surface area contributed by atoms with E-state index >= 15 is 0 Å². The van der Waals surface area contributed by atoms with Crippen molar-refractivity contribution in [3.63, 3.8) is 0 Å². The minimum Gasteiger partial charge on any atom is -0.265 e. The summed E-state index contributed by atoms with van der Waals surface area (Å²) in [6.45, 7) is 17.8. The van der Waals surface area contributed by atoms with Crippen LogP contribution in [-0.4, -0.2) is 15.0 Å². The molecule has 0 saturated heterocycles. The molecule has 0 aliphatic rings. The van der Waals surface area contributed by atoms with E-state index in [1.165, 1.54) is 52.4 Å². The Morgan fingerprint density at radius 3 is 1.18 bits per heavy atom. The first-order valence-corrected chi connectivity index (χ1v) is 19.3. The van der Waals surface area contributed by atoms with Gasteiger partial charge in [0.05, 0.1) is 18.5 Å². The molecule has 0 spiro atoms. The smallest absolute Gasteiger partial charge is 0.123 e. The van der Waals surface area contributed by atoms with Crippen LogP contribution in [-0.2, 0) is 0 Å². The van der Waals surface area contributed by atoms with Crippen molar-refractivity contribution in [3.8, 4) is 6.07 Å². The number of nitriles is 1. The summed E-state index contributed by atoms with van der Waals surface area (Å²) in [4.78, 5) is 11.7. The minimum absolute atomic E-state index is 0.124. The van der Waals surface area contributed by atoms with E-state index in [1.54, 1.807) is 36.9 Å². The highest BCUT2D eigenvalue weighted by atomic mass is 19.1. The number of pyridine rings is 3. The number of aryl methyl sites for hydroxylation is 8. The van der Waals surface area contributed by atoms with Gasteiger partial charge in [0.1, 0.15) is 5.82 Å². The van der Waals surface area contributed by atoms with E-state index < -0.39 is 0 Å². The van der Waals surface area contributed by atoms with E-state index in [9.17, 15) is 4.39 Å². The predicted octanol–water partition coefficient (Wildman–Crippen LogP) is 14.5. The lowest BCUT2D eigenvalue weighted by atomic mass is 10.2. The lowest BCUT2D eigenvalue weighted by molar-refractivity contribution is 0.627. The summed E-state index contributed by atoms with van der Waals surface area (Å²) in [6.07, 6.45) is 8.97. The molecule has 0 atom stereocenters. The van der Waals surface area contributed by atoms with E-state index in [0.717, 1.165) is 16.8 Å². The first kappa shape index (κ1) is 42.6. The summed E-state index contributed by atoms with van der Waals surface area (Å²) in [6, 6.07) is 47.3. The van der Waals surface area contributed by atoms with Crippen molar-refractivity contribution in [1.29, 1.82) is 5.26 Å². The van der Waals surface area contributed by atoms with Crippen LogP contribution in [0.4, 0.5) is 4.39 Å². The average molecular weight is 802 g/mol. The molecular weight excluding hydrogens is 736 g/mol. The quantitative estimate of drug-likeness (QED) is 0.153. The van der Waals surface area contributed by atoms with Gasteiger partial charge in [-0.1, -0.05) is 155 Å². The van der Waals surface area contributed by atoms with Crippen molar-refractivity contribution in [2.75, 3.05) is 0 Å². The maximum absolute atomic E-state index is 12.1. The third-order valence-corrected chi connectivity index (χ3v) is 7.44. The second-order valence-electron chi connectivity index (χ2n) is 13.4. The average Bonchev–Trinajstić information content (AvgIpc) is 3.32. The SMILES string of the molecule is Cc1ccc(C#N)cc1.Cc1ccc(C)cc1.Cc1ccc(F)cc1.Cc1ccccc1.Cc1ccccn1.Cc1cccnc1.Cc1ccncc1.[2H]c1c([2H])c([2H])c(C)c([2H])c1[2H]. The largest absolute Gasteiger partial charge is 0.265 e. The Balaban J connectivity index is 0.000000374. The van der Waals surface area contributed by atoms with Crippen LogP contribution in [0.25, 0.3) is 0 Å². The zero-order valence-corrected chi connectivity index (χ0v) is 36.4. The molecule has 60 heavy (non-hydrogen) atoms. The molecule has 0 aliphatic heterocycles. The molecule has 8 rings (SSSR count). The van der Waals surface area contributed by atoms with E-state index in [0.29, 0.717) is 5.56 Å². The second kappa shape index (κ2) is 33.0. The maximum atomic E-state index is 12.1. The highest BCUT2D eigenvalue weighted by Gasteiger charge is 1.86. The van der Waals surface area contributed by atoms with Gasteiger partial charge in [-0.05, 0) is 128 Å². The molecule has 0 saturated carbocycles. The van der Waals surface area contributed by atoms with E-state index in [2.05, 4.69) is 78.2 Å². The van der Waals surface area contributed by atoms with Gasteiger partial charge in [-0.15, -0.1) is 0 Å². The maximum Gasteiger partial charge on any atom is 0.123 e. The first-order valence-electron chi connectivity index (χ1n) is 21.8. The van der Waals surface area contributed by atoms with Gasteiger partial charge >= 0.3 is 0 Å². The van der Waals surface area contributed by atoms with Crippen LogP contribution in [0.5, 0.6) is 0 Å². The van der Waals surface area contributed by atoms with Gasteiger partial charge in [0.15, 0.2) is 0 Å². The highest BCUT2D eigenvalue weighted by Crippen LogP contribution is 2.01. The standard InChI is InChI=1S/C8H7N.C8H10.C7H7F.2C7H8.3C6H7N/c1-7-2-4-8(6-9)5-3-7;1-7-3-5-8(2)6-4-7;1-6-2-4-7(8)5-3-6;2*1-7-5-3-2-4-6-7;1-6-2-4-7-5-3-6;1-6-3-2-4-7-5-6;1-6-4-2-3-5-7-6/h2-5H,1H3;3-6H,1-2H3;2-5H,1H3;2*2-6H,1H3;3*2-5H,1H3/i;;;2D,3D,4D,5D,6D;;;;. The van der Waals surface area contributed by atoms with Crippen molar-refractivity contribution < 1.29 is 11.2 Å². The van der Waals surface area contributed by atoms with Gasteiger partial charge in [0, 0.05) is 36.7 Å². The molecule has 8 aromatic rings. The number of hydrogen-bond donors (Lipinski definition) is 0. The van der Waals surface area contributed by atoms with Gasteiger partial charge in [-0.3, -0.25) is 15.0 Å². The van der Waals surface area contributed by atoms with E-state index in [1.807, 2.05) is 126 Å². The zero-order chi connectivity index (χ0) is 48.6. The number of halogens is 1. The number of hydrogen-bond acceptors (Lipinski definition) is 4. The van der Waals surface area contributed by atoms with E-state index in [4.69, 9.17) is 12.1 Å². The molecule has 0 radical (unpaired) electrons. The lowest BCUT2D eigenvalue weighted by Gasteiger charge is -1.90. The molecule has 0 unspecified atom stereocenters. The topological polar surface area (TPSA) is 62.5 Å². The van der Waals surface area contributed by atoms with Crippen LogP contribution in [0.2, 0.25) is 0 Å². The first-order chi connectivity index (χ1) is 30.9. The summed E-state index contributed by atoms with van der Waals surface area (Å²) in [5.41, 5.74) is 10.8. The van der Waals surface area contributed by atoms with Crippen LogP contribution < -0.4 is 0 Å². The Labute approximate surface area is 367 Å². The second-order valence-corrected chi connectivity index (χ2v) is 13.4. The predicted molar refractivity (Wildman–Crippen MR) is 252 cm³/mol. The molecule has 3 aromatic heterocycles. The molecule has 5 heteroatoms. The van der Waals surface area contributed by atoms with Crippen molar-refractivity contribution in [2.24, 2.45) is 0 Å². The minimum atomic E-state index is -0.337. The molecule has 5 aromatic carbocycles. The molecule has 0 fully saturated rings. The third-order valence-electron chi connectivity index (χ3n) is 7.44. The Morgan fingerprint density at radius 2 is 0.867 bits per heavy atom. The Hall–Kier alpha value is -7.03. The molecule has 0 amide bonds. The number of benzene rings is 5. The van der Waals surface area contributed by atoms with Crippen LogP contribution in [0.1, 0.15) is 62.6 Å². The Bertz CT molecular complexity index is 2160. The monoisotopic (exact) mass is 802 g/mol. The van der Waals surface area contributed by atoms with Gasteiger partial charge in [0.2, 0.25) is 0 Å². The van der Waals surface area contributed by atoms with Gasteiger partial charge in [-0.2, -0.15) is 5.26 Å². The Kier molecular flexibility index (Phi) is 23.4. The summed E-state index contributed by atoms with van der Waals surface area (Å²) in [5, 5.41) is 8.38. The zero-order valence-electron chi connectivity index (χ0n) is 41.4. The molecular formula is C55H61FN4. The number of rotatable bonds is 0. The van der Waals surface area contributed by atoms with Crippen LogP contribution in [0.3, 0.4) is 0 Å². The van der Waals surface area contributed by atoms with Crippen LogP contribution in [0, 0.1) is 79.5 Å². The number of aromatic nitrogens is 3. The molecule has 0 aliphatic carbocycles. The molecule has 0 bridgehead atoms. The summed E-state index contributed by atoms with van der Waals surface area (Å²) < 4.78 is 48.4. The van der Waals surface area contributed by atoms with Crippen molar-refractivity contribution in [3.05, 3.63) is 268 Å².